The molecule has 2 N–H and O–H groups in total. The van der Waals surface area contributed by atoms with E-state index in [0.29, 0.717) is 11.6 Å². The molecule has 110 valence electrons. The molecule has 2 fully saturated rings. The zero-order valence-corrected chi connectivity index (χ0v) is 12.3. The summed E-state index contributed by atoms with van der Waals surface area (Å²) in [4.78, 5) is 2.68. The topological polar surface area (TPSA) is 38.5 Å². The minimum absolute atomic E-state index is 0.307. The van der Waals surface area contributed by atoms with Crippen LogP contribution in [0.25, 0.3) is 0 Å². The van der Waals surface area contributed by atoms with E-state index in [4.69, 9.17) is 10.5 Å². The molecule has 1 aliphatic heterocycles. The number of rotatable bonds is 3. The first-order valence-electron chi connectivity index (χ1n) is 7.91. The Kier molecular flexibility index (Phi) is 4.39. The van der Waals surface area contributed by atoms with Gasteiger partial charge in [0.1, 0.15) is 0 Å². The fourth-order valence-electron chi connectivity index (χ4n) is 3.80. The Hall–Kier alpha value is -0.900. The molecule has 0 bridgehead atoms. The Labute approximate surface area is 122 Å². The molecule has 1 heterocycles. The van der Waals surface area contributed by atoms with E-state index in [1.807, 2.05) is 0 Å². The number of hydrogen-bond acceptors (Lipinski definition) is 3. The van der Waals surface area contributed by atoms with Crippen molar-refractivity contribution in [1.82, 2.24) is 4.90 Å². The number of hydrogen-bond donors (Lipinski definition) is 1. The maximum absolute atomic E-state index is 6.14. The van der Waals surface area contributed by atoms with E-state index in [0.717, 1.165) is 45.6 Å². The second kappa shape index (κ2) is 6.25. The summed E-state index contributed by atoms with van der Waals surface area (Å²) in [5.41, 5.74) is 7.90. The Morgan fingerprint density at radius 1 is 1.10 bits per heavy atom. The Morgan fingerprint density at radius 2 is 1.75 bits per heavy atom. The van der Waals surface area contributed by atoms with Gasteiger partial charge in [0.25, 0.3) is 0 Å². The summed E-state index contributed by atoms with van der Waals surface area (Å²) in [6.07, 6.45) is 5.92. The number of morpholine rings is 1. The molecule has 0 radical (unpaired) electrons. The molecule has 20 heavy (non-hydrogen) atoms. The predicted molar refractivity (Wildman–Crippen MR) is 81.7 cm³/mol. The fourth-order valence-corrected chi connectivity index (χ4v) is 3.80. The zero-order chi connectivity index (χ0) is 13.8. The van der Waals surface area contributed by atoms with Gasteiger partial charge in [0.15, 0.2) is 0 Å². The normalized spacial score (nSPS) is 32.1. The lowest BCUT2D eigenvalue weighted by Crippen LogP contribution is -2.57. The van der Waals surface area contributed by atoms with Gasteiger partial charge in [0.05, 0.1) is 13.2 Å². The molecule has 1 aromatic rings. The standard InChI is InChI=1S/C17H26N2O/c18-16-6-8-17(9-7-16,19-10-12-20-13-11-19)14-15-4-2-1-3-5-15/h1-5,16H,6-14,18H2. The van der Waals surface area contributed by atoms with Crippen molar-refractivity contribution in [2.24, 2.45) is 5.73 Å². The van der Waals surface area contributed by atoms with Crippen LogP contribution < -0.4 is 5.73 Å². The van der Waals surface area contributed by atoms with E-state index >= 15 is 0 Å². The molecular weight excluding hydrogens is 248 g/mol. The highest BCUT2D eigenvalue weighted by Crippen LogP contribution is 2.36. The SMILES string of the molecule is NC1CCC(Cc2ccccc2)(N2CCOCC2)CC1. The summed E-state index contributed by atoms with van der Waals surface area (Å²) in [5.74, 6) is 0. The van der Waals surface area contributed by atoms with Crippen molar-refractivity contribution in [3.8, 4) is 0 Å². The third-order valence-corrected chi connectivity index (χ3v) is 5.02. The van der Waals surface area contributed by atoms with E-state index < -0.39 is 0 Å². The van der Waals surface area contributed by atoms with Gasteiger partial charge in [-0.15, -0.1) is 0 Å². The Morgan fingerprint density at radius 3 is 2.40 bits per heavy atom. The number of nitrogens with zero attached hydrogens (tertiary/aromatic N) is 1. The molecule has 1 aromatic carbocycles. The number of nitrogens with two attached hydrogens (primary N) is 1. The molecule has 3 rings (SSSR count). The lowest BCUT2D eigenvalue weighted by atomic mass is 9.74. The maximum Gasteiger partial charge on any atom is 0.0594 e. The van der Waals surface area contributed by atoms with Crippen molar-refractivity contribution in [3.63, 3.8) is 0 Å². The number of ether oxygens (including phenoxy) is 1. The van der Waals surface area contributed by atoms with Crippen LogP contribution in [0.5, 0.6) is 0 Å². The van der Waals surface area contributed by atoms with Crippen molar-refractivity contribution in [3.05, 3.63) is 35.9 Å². The van der Waals surface area contributed by atoms with Crippen molar-refractivity contribution in [2.45, 2.75) is 43.7 Å². The monoisotopic (exact) mass is 274 g/mol. The molecule has 1 saturated heterocycles. The van der Waals surface area contributed by atoms with Gasteiger partial charge in [0.2, 0.25) is 0 Å². The average Bonchev–Trinajstić information content (AvgIpc) is 2.52. The lowest BCUT2D eigenvalue weighted by Gasteiger charge is -2.49. The van der Waals surface area contributed by atoms with Crippen LogP contribution in [0.2, 0.25) is 0 Å². The Balaban J connectivity index is 1.79. The van der Waals surface area contributed by atoms with Crippen LogP contribution in [-0.4, -0.2) is 42.8 Å². The molecular formula is C17H26N2O. The molecule has 0 spiro atoms. The Bertz CT molecular complexity index is 406. The van der Waals surface area contributed by atoms with Gasteiger partial charge < -0.3 is 10.5 Å². The third kappa shape index (κ3) is 3.05. The van der Waals surface area contributed by atoms with E-state index in [-0.39, 0.29) is 0 Å². The quantitative estimate of drug-likeness (QED) is 0.918. The molecule has 1 saturated carbocycles. The molecule has 3 nitrogen and oxygen atoms in total. The van der Waals surface area contributed by atoms with Crippen LogP contribution in [-0.2, 0) is 11.2 Å². The van der Waals surface area contributed by atoms with Crippen LogP contribution in [0.4, 0.5) is 0 Å². The van der Waals surface area contributed by atoms with E-state index in [1.165, 1.54) is 18.4 Å². The van der Waals surface area contributed by atoms with Gasteiger partial charge in [-0.2, -0.15) is 0 Å². The van der Waals surface area contributed by atoms with Gasteiger partial charge in [-0.3, -0.25) is 4.90 Å². The van der Waals surface area contributed by atoms with E-state index in [2.05, 4.69) is 35.2 Å². The minimum atomic E-state index is 0.307. The first kappa shape index (κ1) is 14.1. The van der Waals surface area contributed by atoms with Gasteiger partial charge in [-0.05, 0) is 37.7 Å². The first-order chi connectivity index (χ1) is 9.78. The molecule has 3 heteroatoms. The van der Waals surface area contributed by atoms with Crippen LogP contribution in [0.15, 0.2) is 30.3 Å². The lowest BCUT2D eigenvalue weighted by molar-refractivity contribution is -0.0390. The van der Waals surface area contributed by atoms with Crippen LogP contribution in [0, 0.1) is 0 Å². The van der Waals surface area contributed by atoms with Crippen molar-refractivity contribution >= 4 is 0 Å². The summed E-state index contributed by atoms with van der Waals surface area (Å²) in [6, 6.07) is 11.3. The van der Waals surface area contributed by atoms with E-state index in [9.17, 15) is 0 Å². The van der Waals surface area contributed by atoms with Gasteiger partial charge in [-0.1, -0.05) is 30.3 Å². The highest BCUT2D eigenvalue weighted by molar-refractivity contribution is 5.19. The predicted octanol–water partition coefficient (Wildman–Crippen LogP) is 2.20. The maximum atomic E-state index is 6.14. The molecule has 2 aliphatic rings. The van der Waals surface area contributed by atoms with Crippen LogP contribution in [0.1, 0.15) is 31.2 Å². The fraction of sp³-hybridized carbons (Fsp3) is 0.647. The minimum Gasteiger partial charge on any atom is -0.379 e. The smallest absolute Gasteiger partial charge is 0.0594 e. The molecule has 0 atom stereocenters. The summed E-state index contributed by atoms with van der Waals surface area (Å²) in [5, 5.41) is 0. The molecule has 1 aliphatic carbocycles. The first-order valence-corrected chi connectivity index (χ1v) is 7.91. The summed E-state index contributed by atoms with van der Waals surface area (Å²) in [7, 11) is 0. The van der Waals surface area contributed by atoms with Crippen molar-refractivity contribution in [2.75, 3.05) is 26.3 Å². The molecule has 0 unspecified atom stereocenters. The average molecular weight is 274 g/mol. The van der Waals surface area contributed by atoms with Crippen molar-refractivity contribution < 1.29 is 4.74 Å². The highest BCUT2D eigenvalue weighted by atomic mass is 16.5. The molecule has 0 amide bonds. The summed E-state index contributed by atoms with van der Waals surface area (Å²) in [6.45, 7) is 3.90. The largest absolute Gasteiger partial charge is 0.379 e. The number of benzene rings is 1. The highest BCUT2D eigenvalue weighted by Gasteiger charge is 2.40. The second-order valence-electron chi connectivity index (χ2n) is 6.32. The van der Waals surface area contributed by atoms with Gasteiger partial charge >= 0.3 is 0 Å². The van der Waals surface area contributed by atoms with Crippen molar-refractivity contribution in [1.29, 1.82) is 0 Å². The summed E-state index contributed by atoms with van der Waals surface area (Å²) >= 11 is 0. The van der Waals surface area contributed by atoms with Crippen LogP contribution >= 0.6 is 0 Å². The third-order valence-electron chi connectivity index (χ3n) is 5.02. The van der Waals surface area contributed by atoms with Crippen LogP contribution in [0.3, 0.4) is 0 Å². The van der Waals surface area contributed by atoms with Gasteiger partial charge in [-0.25, -0.2) is 0 Å². The van der Waals surface area contributed by atoms with E-state index in [1.54, 1.807) is 0 Å². The summed E-state index contributed by atoms with van der Waals surface area (Å²) < 4.78 is 5.54. The zero-order valence-electron chi connectivity index (χ0n) is 12.3. The second-order valence-corrected chi connectivity index (χ2v) is 6.32. The molecule has 0 aromatic heterocycles. The van der Waals surface area contributed by atoms with Gasteiger partial charge in [0, 0.05) is 24.7 Å².